The lowest BCUT2D eigenvalue weighted by Gasteiger charge is -2.47. The molecule has 0 spiro atoms. The fourth-order valence-electron chi connectivity index (χ4n) is 3.52. The summed E-state index contributed by atoms with van der Waals surface area (Å²) in [5, 5.41) is 22.1. The average Bonchev–Trinajstić information content (AvgIpc) is 2.56. The number of hydrogen-bond acceptors (Lipinski definition) is 2. The Morgan fingerprint density at radius 2 is 1.62 bits per heavy atom. The third kappa shape index (κ3) is 3.12. The van der Waals surface area contributed by atoms with Crippen molar-refractivity contribution >= 4 is 13.3 Å². The van der Waals surface area contributed by atoms with E-state index in [1.54, 1.807) is 0 Å². The van der Waals surface area contributed by atoms with Crippen LogP contribution in [-0.4, -0.2) is 24.9 Å². The van der Waals surface area contributed by atoms with Gasteiger partial charge in [-0.1, -0.05) is 90.6 Å². The highest BCUT2D eigenvalue weighted by atomic mass is 28.3. The summed E-state index contributed by atoms with van der Waals surface area (Å²) < 4.78 is 0. The molecule has 128 valence electrons. The van der Waals surface area contributed by atoms with Crippen LogP contribution in [0, 0.1) is 12.8 Å². The van der Waals surface area contributed by atoms with E-state index in [0.717, 1.165) is 21.9 Å². The molecule has 0 amide bonds. The number of aliphatic hydroxyl groups is 2. The van der Waals surface area contributed by atoms with Gasteiger partial charge in [-0.15, -0.1) is 0 Å². The predicted molar refractivity (Wildman–Crippen MR) is 104 cm³/mol. The molecule has 2 N–H and O–H groups in total. The normalized spacial score (nSPS) is 15.6. The van der Waals surface area contributed by atoms with Gasteiger partial charge in [-0.05, 0) is 19.4 Å². The first-order chi connectivity index (χ1) is 11.2. The Labute approximate surface area is 146 Å². The molecule has 0 unspecified atom stereocenters. The quantitative estimate of drug-likeness (QED) is 0.624. The Balaban J connectivity index is 2.71. The third-order valence-electron chi connectivity index (χ3n) is 5.22. The first kappa shape index (κ1) is 18.7. The summed E-state index contributed by atoms with van der Waals surface area (Å²) in [6, 6.07) is 18.2. The van der Waals surface area contributed by atoms with E-state index in [2.05, 4.69) is 31.8 Å². The van der Waals surface area contributed by atoms with Crippen molar-refractivity contribution < 1.29 is 10.2 Å². The van der Waals surface area contributed by atoms with Crippen molar-refractivity contribution in [3.63, 3.8) is 0 Å². The molecule has 2 nitrogen and oxygen atoms in total. The van der Waals surface area contributed by atoms with Crippen molar-refractivity contribution in [2.45, 2.75) is 32.2 Å². The van der Waals surface area contributed by atoms with Gasteiger partial charge in [0.2, 0.25) is 0 Å². The molecule has 0 fully saturated rings. The van der Waals surface area contributed by atoms with E-state index in [0.29, 0.717) is 0 Å². The molecule has 0 radical (unpaired) electrons. The van der Waals surface area contributed by atoms with Crippen LogP contribution < -0.4 is 5.19 Å². The Hall–Kier alpha value is -1.68. The molecule has 0 saturated heterocycles. The van der Waals surface area contributed by atoms with Crippen LogP contribution in [-0.2, 0) is 5.22 Å². The molecule has 2 rings (SSSR count). The molecular formula is C21H28O2Si. The van der Waals surface area contributed by atoms with Crippen LogP contribution in [0.5, 0.6) is 0 Å². The van der Waals surface area contributed by atoms with Crippen molar-refractivity contribution in [1.82, 2.24) is 0 Å². The Morgan fingerprint density at radius 1 is 1.08 bits per heavy atom. The largest absolute Gasteiger partial charge is 0.396 e. The van der Waals surface area contributed by atoms with Gasteiger partial charge < -0.3 is 10.2 Å². The van der Waals surface area contributed by atoms with E-state index >= 15 is 0 Å². The topological polar surface area (TPSA) is 40.5 Å². The maximum Gasteiger partial charge on any atom is 0.123 e. The minimum atomic E-state index is -2.40. The van der Waals surface area contributed by atoms with E-state index < -0.39 is 19.2 Å². The molecule has 0 aromatic heterocycles. The van der Waals surface area contributed by atoms with Crippen molar-refractivity contribution in [2.24, 2.45) is 5.92 Å². The molecule has 2 atom stereocenters. The van der Waals surface area contributed by atoms with Gasteiger partial charge in [0.15, 0.2) is 0 Å². The fraction of sp³-hybridized carbons (Fsp3) is 0.333. The van der Waals surface area contributed by atoms with Crippen LogP contribution in [0.25, 0.3) is 0 Å². The molecule has 3 heteroatoms. The van der Waals surface area contributed by atoms with Crippen LogP contribution >= 0.6 is 0 Å². The summed E-state index contributed by atoms with van der Waals surface area (Å²) in [6.07, 6.45) is 0. The number of benzene rings is 2. The van der Waals surface area contributed by atoms with E-state index in [1.807, 2.05) is 56.3 Å². The molecule has 0 saturated carbocycles. The first-order valence-corrected chi connectivity index (χ1v) is 11.4. The zero-order chi connectivity index (χ0) is 18.0. The fourth-order valence-corrected chi connectivity index (χ4v) is 7.09. The monoisotopic (exact) mass is 340 g/mol. The smallest absolute Gasteiger partial charge is 0.123 e. The van der Waals surface area contributed by atoms with E-state index in [-0.39, 0.29) is 6.61 Å². The number of aryl methyl sites for hydroxylation is 1. The standard InChI is InChI=1S/C21H28O2Si/c1-16(2)20(15-22)21(23,18-13-11-17(3)12-14-18)24(4,5)19-9-7-6-8-10-19/h6-14,20,22-23H,1,15H2,2-5H3/t20-,21-/m0/s1. The van der Waals surface area contributed by atoms with Gasteiger partial charge in [0.1, 0.15) is 8.07 Å². The minimum Gasteiger partial charge on any atom is -0.396 e. The summed E-state index contributed by atoms with van der Waals surface area (Å²) >= 11 is 0. The van der Waals surface area contributed by atoms with Crippen molar-refractivity contribution in [2.75, 3.05) is 6.61 Å². The molecule has 0 aliphatic carbocycles. The van der Waals surface area contributed by atoms with Crippen LogP contribution in [0.3, 0.4) is 0 Å². The molecule has 0 aliphatic heterocycles. The minimum absolute atomic E-state index is 0.122. The Morgan fingerprint density at radius 3 is 2.08 bits per heavy atom. The van der Waals surface area contributed by atoms with Gasteiger partial charge in [-0.25, -0.2) is 0 Å². The van der Waals surface area contributed by atoms with Gasteiger partial charge in [-0.3, -0.25) is 0 Å². The summed E-state index contributed by atoms with van der Waals surface area (Å²) in [5.41, 5.74) is 2.81. The van der Waals surface area contributed by atoms with Crippen molar-refractivity contribution in [1.29, 1.82) is 0 Å². The lowest BCUT2D eigenvalue weighted by Crippen LogP contribution is -2.64. The summed E-state index contributed by atoms with van der Waals surface area (Å²) in [6.45, 7) is 12.2. The average molecular weight is 341 g/mol. The second kappa shape index (κ2) is 7.05. The number of aliphatic hydroxyl groups excluding tert-OH is 1. The number of hydrogen-bond donors (Lipinski definition) is 2. The van der Waals surface area contributed by atoms with Crippen LogP contribution in [0.2, 0.25) is 13.1 Å². The third-order valence-corrected chi connectivity index (χ3v) is 9.54. The molecular weight excluding hydrogens is 312 g/mol. The maximum absolute atomic E-state index is 12.0. The van der Waals surface area contributed by atoms with Gasteiger partial charge in [0, 0.05) is 5.92 Å². The van der Waals surface area contributed by atoms with Crippen LogP contribution in [0.15, 0.2) is 66.7 Å². The predicted octanol–water partition coefficient (Wildman–Crippen LogP) is 3.52. The van der Waals surface area contributed by atoms with Crippen LogP contribution in [0.4, 0.5) is 0 Å². The highest BCUT2D eigenvalue weighted by Crippen LogP contribution is 2.41. The van der Waals surface area contributed by atoms with Gasteiger partial charge in [0.05, 0.1) is 11.8 Å². The summed E-state index contributed by atoms with van der Waals surface area (Å²) in [4.78, 5) is 0. The molecule has 0 bridgehead atoms. The Kier molecular flexibility index (Phi) is 5.48. The van der Waals surface area contributed by atoms with Crippen LogP contribution in [0.1, 0.15) is 18.1 Å². The molecule has 2 aromatic rings. The maximum atomic E-state index is 12.0. The lowest BCUT2D eigenvalue weighted by molar-refractivity contribution is 0.0360. The molecule has 24 heavy (non-hydrogen) atoms. The second-order valence-electron chi connectivity index (χ2n) is 7.20. The van der Waals surface area contributed by atoms with E-state index in [1.165, 1.54) is 0 Å². The molecule has 0 heterocycles. The highest BCUT2D eigenvalue weighted by molar-refractivity contribution is 6.91. The van der Waals surface area contributed by atoms with Crippen molar-refractivity contribution in [3.05, 3.63) is 77.9 Å². The summed E-state index contributed by atoms with van der Waals surface area (Å²) in [5.74, 6) is -0.401. The second-order valence-corrected chi connectivity index (χ2v) is 11.8. The zero-order valence-electron chi connectivity index (χ0n) is 15.1. The molecule has 2 aromatic carbocycles. The van der Waals surface area contributed by atoms with Gasteiger partial charge in [0.25, 0.3) is 0 Å². The molecule has 0 aliphatic rings. The summed E-state index contributed by atoms with van der Waals surface area (Å²) in [7, 11) is -2.40. The SMILES string of the molecule is C=C(C)[C@H](CO)[C@](O)(c1ccc(C)cc1)[Si](C)(C)c1ccccc1. The zero-order valence-corrected chi connectivity index (χ0v) is 16.1. The van der Waals surface area contributed by atoms with E-state index in [9.17, 15) is 10.2 Å². The first-order valence-electron chi connectivity index (χ1n) is 8.36. The van der Waals surface area contributed by atoms with Gasteiger partial charge >= 0.3 is 0 Å². The Bertz CT molecular complexity index is 692. The van der Waals surface area contributed by atoms with Gasteiger partial charge in [-0.2, -0.15) is 0 Å². The van der Waals surface area contributed by atoms with E-state index in [4.69, 9.17) is 0 Å². The number of rotatable bonds is 6. The highest BCUT2D eigenvalue weighted by Gasteiger charge is 2.52. The van der Waals surface area contributed by atoms with Crippen molar-refractivity contribution in [3.8, 4) is 0 Å². The lowest BCUT2D eigenvalue weighted by atomic mass is 9.89.